The lowest BCUT2D eigenvalue weighted by Crippen LogP contribution is -2.50. The highest BCUT2D eigenvalue weighted by atomic mass is 32.2. The molecule has 1 aliphatic heterocycles. The van der Waals surface area contributed by atoms with Crippen molar-refractivity contribution in [2.24, 2.45) is 0 Å². The predicted octanol–water partition coefficient (Wildman–Crippen LogP) is 3.21. The molecule has 5 nitrogen and oxygen atoms in total. The number of piperazine rings is 1. The van der Waals surface area contributed by atoms with Gasteiger partial charge in [0.05, 0.1) is 10.5 Å². The lowest BCUT2D eigenvalue weighted by molar-refractivity contribution is 0.0693. The van der Waals surface area contributed by atoms with Crippen molar-refractivity contribution >= 4 is 15.9 Å². The predicted molar refractivity (Wildman–Crippen MR) is 106 cm³/mol. The summed E-state index contributed by atoms with van der Waals surface area (Å²) in [5.74, 6) is -0.974. The number of amides is 1. The van der Waals surface area contributed by atoms with Crippen molar-refractivity contribution in [3.05, 3.63) is 64.0 Å². The Bertz CT molecular complexity index is 1000. The molecular weight excluding hydrogens is 379 g/mol. The molecule has 28 heavy (non-hydrogen) atoms. The van der Waals surface area contributed by atoms with Gasteiger partial charge in [-0.25, -0.2) is 12.8 Å². The zero-order valence-corrected chi connectivity index (χ0v) is 17.4. The number of rotatable bonds is 3. The van der Waals surface area contributed by atoms with Crippen LogP contribution in [-0.2, 0) is 10.0 Å². The first-order valence-corrected chi connectivity index (χ1v) is 10.7. The molecule has 1 aliphatic rings. The fourth-order valence-electron chi connectivity index (χ4n) is 3.63. The number of carbonyl (C=O) groups is 1. The van der Waals surface area contributed by atoms with Gasteiger partial charge in [0.15, 0.2) is 0 Å². The van der Waals surface area contributed by atoms with Crippen LogP contribution in [0.3, 0.4) is 0 Å². The molecule has 0 spiro atoms. The molecule has 0 aliphatic carbocycles. The van der Waals surface area contributed by atoms with E-state index in [1.807, 2.05) is 33.8 Å². The van der Waals surface area contributed by atoms with E-state index >= 15 is 0 Å². The van der Waals surface area contributed by atoms with E-state index < -0.39 is 21.7 Å². The number of halogens is 1. The average Bonchev–Trinajstić information content (AvgIpc) is 2.66. The van der Waals surface area contributed by atoms with Crippen LogP contribution in [0.15, 0.2) is 35.2 Å². The maximum absolute atomic E-state index is 13.9. The van der Waals surface area contributed by atoms with Crippen LogP contribution < -0.4 is 0 Å². The molecule has 0 unspecified atom stereocenters. The summed E-state index contributed by atoms with van der Waals surface area (Å²) in [4.78, 5) is 14.4. The van der Waals surface area contributed by atoms with Crippen molar-refractivity contribution in [1.82, 2.24) is 9.21 Å². The van der Waals surface area contributed by atoms with Gasteiger partial charge >= 0.3 is 0 Å². The van der Waals surface area contributed by atoms with E-state index in [1.54, 1.807) is 6.07 Å². The molecule has 2 aromatic carbocycles. The lowest BCUT2D eigenvalue weighted by Gasteiger charge is -2.35. The lowest BCUT2D eigenvalue weighted by atomic mass is 10.0. The summed E-state index contributed by atoms with van der Waals surface area (Å²) in [5.41, 5.74) is 3.41. The van der Waals surface area contributed by atoms with Crippen LogP contribution in [0, 0.1) is 33.5 Å². The molecule has 150 valence electrons. The van der Waals surface area contributed by atoms with Gasteiger partial charge in [-0.1, -0.05) is 18.2 Å². The van der Waals surface area contributed by atoms with Gasteiger partial charge in [-0.2, -0.15) is 4.31 Å². The summed E-state index contributed by atoms with van der Waals surface area (Å²) in [6.07, 6.45) is 0. The number of carbonyl (C=O) groups excluding carboxylic acids is 1. The van der Waals surface area contributed by atoms with Crippen LogP contribution in [0.2, 0.25) is 0 Å². The van der Waals surface area contributed by atoms with Gasteiger partial charge in [0.2, 0.25) is 10.0 Å². The van der Waals surface area contributed by atoms with E-state index in [0.29, 0.717) is 4.90 Å². The quantitative estimate of drug-likeness (QED) is 0.789. The fraction of sp³-hybridized carbons (Fsp3) is 0.381. The van der Waals surface area contributed by atoms with Gasteiger partial charge in [-0.3, -0.25) is 4.79 Å². The summed E-state index contributed by atoms with van der Waals surface area (Å²) in [5, 5.41) is 0. The molecule has 1 heterocycles. The zero-order valence-electron chi connectivity index (χ0n) is 16.6. The maximum atomic E-state index is 13.9. The molecule has 7 heteroatoms. The number of benzene rings is 2. The van der Waals surface area contributed by atoms with E-state index in [4.69, 9.17) is 0 Å². The second-order valence-corrected chi connectivity index (χ2v) is 9.14. The largest absolute Gasteiger partial charge is 0.336 e. The number of hydrogen-bond donors (Lipinski definition) is 0. The highest BCUT2D eigenvalue weighted by Gasteiger charge is 2.33. The molecule has 1 fully saturated rings. The molecule has 0 atom stereocenters. The second-order valence-electron chi connectivity index (χ2n) is 7.27. The van der Waals surface area contributed by atoms with Crippen LogP contribution in [0.1, 0.15) is 32.6 Å². The van der Waals surface area contributed by atoms with E-state index in [1.165, 1.54) is 27.4 Å². The van der Waals surface area contributed by atoms with Gasteiger partial charge < -0.3 is 4.90 Å². The van der Waals surface area contributed by atoms with Crippen molar-refractivity contribution < 1.29 is 17.6 Å². The van der Waals surface area contributed by atoms with Gasteiger partial charge in [-0.15, -0.1) is 0 Å². The first-order valence-electron chi connectivity index (χ1n) is 9.26. The number of nitrogens with zero attached hydrogens (tertiary/aromatic N) is 2. The van der Waals surface area contributed by atoms with E-state index in [-0.39, 0.29) is 31.7 Å². The topological polar surface area (TPSA) is 57.7 Å². The van der Waals surface area contributed by atoms with Crippen LogP contribution in [0.4, 0.5) is 4.39 Å². The minimum atomic E-state index is -3.67. The molecule has 1 saturated heterocycles. The monoisotopic (exact) mass is 404 g/mol. The molecule has 0 aromatic heterocycles. The Kier molecular flexibility index (Phi) is 5.59. The number of sulfonamides is 1. The summed E-state index contributed by atoms with van der Waals surface area (Å²) in [7, 11) is -3.67. The highest BCUT2D eigenvalue weighted by Crippen LogP contribution is 2.29. The third-order valence-corrected chi connectivity index (χ3v) is 7.70. The summed E-state index contributed by atoms with van der Waals surface area (Å²) >= 11 is 0. The molecule has 0 bridgehead atoms. The Morgan fingerprint density at radius 2 is 1.46 bits per heavy atom. The standard InChI is InChI=1S/C21H25FN2O3S/c1-14-13-15(2)17(4)20(16(14)3)28(26,27)24-11-9-23(10-12-24)21(25)18-7-5-6-8-19(18)22/h5-8,13H,9-12H2,1-4H3. The van der Waals surface area contributed by atoms with E-state index in [0.717, 1.165) is 22.3 Å². The number of aryl methyl sites for hydroxylation is 2. The first kappa shape index (κ1) is 20.5. The van der Waals surface area contributed by atoms with Crippen molar-refractivity contribution in [1.29, 1.82) is 0 Å². The van der Waals surface area contributed by atoms with Crippen LogP contribution in [-0.4, -0.2) is 49.7 Å². The van der Waals surface area contributed by atoms with Crippen molar-refractivity contribution in [3.8, 4) is 0 Å². The Balaban J connectivity index is 1.82. The van der Waals surface area contributed by atoms with Gasteiger partial charge in [-0.05, 0) is 62.1 Å². The van der Waals surface area contributed by atoms with E-state index in [9.17, 15) is 17.6 Å². The Morgan fingerprint density at radius 3 is 2.00 bits per heavy atom. The van der Waals surface area contributed by atoms with Crippen LogP contribution in [0.25, 0.3) is 0 Å². The smallest absolute Gasteiger partial charge is 0.256 e. The molecule has 0 N–H and O–H groups in total. The second kappa shape index (κ2) is 7.64. The molecule has 0 saturated carbocycles. The fourth-order valence-corrected chi connectivity index (χ4v) is 5.63. The average molecular weight is 405 g/mol. The van der Waals surface area contributed by atoms with Crippen LogP contribution in [0.5, 0.6) is 0 Å². The van der Waals surface area contributed by atoms with Crippen molar-refractivity contribution in [2.45, 2.75) is 32.6 Å². The minimum absolute atomic E-state index is 0.0137. The molecule has 0 radical (unpaired) electrons. The van der Waals surface area contributed by atoms with Gasteiger partial charge in [0.25, 0.3) is 5.91 Å². The molecular formula is C21H25FN2O3S. The van der Waals surface area contributed by atoms with Crippen LogP contribution >= 0.6 is 0 Å². The normalized spacial score (nSPS) is 15.7. The SMILES string of the molecule is Cc1cc(C)c(C)c(S(=O)(=O)N2CCN(C(=O)c3ccccc3F)CC2)c1C. The summed E-state index contributed by atoms with van der Waals surface area (Å²) < 4.78 is 41.9. The Hall–Kier alpha value is -2.25. The van der Waals surface area contributed by atoms with E-state index in [2.05, 4.69) is 0 Å². The Labute approximate surface area is 165 Å². The molecule has 2 aromatic rings. The summed E-state index contributed by atoms with van der Waals surface area (Å²) in [6, 6.07) is 7.84. The van der Waals surface area contributed by atoms with Gasteiger partial charge in [0.1, 0.15) is 5.82 Å². The minimum Gasteiger partial charge on any atom is -0.336 e. The van der Waals surface area contributed by atoms with Gasteiger partial charge in [0, 0.05) is 26.2 Å². The third kappa shape index (κ3) is 3.56. The zero-order chi connectivity index (χ0) is 20.6. The molecule has 1 amide bonds. The number of hydrogen-bond acceptors (Lipinski definition) is 3. The van der Waals surface area contributed by atoms with Crippen molar-refractivity contribution in [3.63, 3.8) is 0 Å². The third-order valence-electron chi connectivity index (χ3n) is 5.53. The maximum Gasteiger partial charge on any atom is 0.256 e. The summed E-state index contributed by atoms with van der Waals surface area (Å²) in [6.45, 7) is 8.31. The molecule has 3 rings (SSSR count). The first-order chi connectivity index (χ1) is 13.1. The Morgan fingerprint density at radius 1 is 0.929 bits per heavy atom. The van der Waals surface area contributed by atoms with Crippen molar-refractivity contribution in [2.75, 3.05) is 26.2 Å². The highest BCUT2D eigenvalue weighted by molar-refractivity contribution is 7.89.